The molecule has 0 fully saturated rings. The summed E-state index contributed by atoms with van der Waals surface area (Å²) in [5.74, 6) is 0. The van der Waals surface area contributed by atoms with Crippen LogP contribution in [-0.2, 0) is 19.5 Å². The Labute approximate surface area is 119 Å². The van der Waals surface area contributed by atoms with E-state index in [0.29, 0.717) is 0 Å². The second-order valence-corrected chi connectivity index (χ2v) is 6.20. The van der Waals surface area contributed by atoms with Crippen molar-refractivity contribution < 1.29 is 0 Å². The SMILES string of the molecule is CCNCc1ccc(CN2CCc3ccccc32)s1. The molecule has 0 spiro atoms. The Bertz CT molecular complexity index is 547. The number of hydrogen-bond donors (Lipinski definition) is 1. The number of fused-ring (bicyclic) bond motifs is 1. The minimum atomic E-state index is 0.998. The summed E-state index contributed by atoms with van der Waals surface area (Å²) >= 11 is 1.93. The van der Waals surface area contributed by atoms with Crippen LogP contribution >= 0.6 is 11.3 Å². The quantitative estimate of drug-likeness (QED) is 0.897. The lowest BCUT2D eigenvalue weighted by molar-refractivity contribution is 0.735. The average Bonchev–Trinajstić information content (AvgIpc) is 3.05. The molecule has 0 saturated heterocycles. The maximum absolute atomic E-state index is 3.38. The lowest BCUT2D eigenvalue weighted by Crippen LogP contribution is -2.18. The first-order valence-electron chi connectivity index (χ1n) is 6.98. The Hall–Kier alpha value is -1.32. The van der Waals surface area contributed by atoms with Crippen molar-refractivity contribution in [3.05, 3.63) is 51.7 Å². The zero-order chi connectivity index (χ0) is 13.1. The fourth-order valence-electron chi connectivity index (χ4n) is 2.61. The van der Waals surface area contributed by atoms with Crippen molar-refractivity contribution in [2.75, 3.05) is 18.0 Å². The maximum Gasteiger partial charge on any atom is 0.0523 e. The zero-order valence-corrected chi connectivity index (χ0v) is 12.2. The number of hydrogen-bond acceptors (Lipinski definition) is 3. The molecule has 3 rings (SSSR count). The predicted octanol–water partition coefficient (Wildman–Crippen LogP) is 3.42. The van der Waals surface area contributed by atoms with Gasteiger partial charge in [0.05, 0.1) is 6.54 Å². The van der Waals surface area contributed by atoms with Crippen LogP contribution in [0.3, 0.4) is 0 Å². The molecule has 0 radical (unpaired) electrons. The number of para-hydroxylation sites is 1. The molecule has 2 aromatic rings. The number of benzene rings is 1. The van der Waals surface area contributed by atoms with Crippen LogP contribution in [0.15, 0.2) is 36.4 Å². The van der Waals surface area contributed by atoms with Crippen molar-refractivity contribution in [1.29, 1.82) is 0 Å². The topological polar surface area (TPSA) is 15.3 Å². The minimum Gasteiger partial charge on any atom is -0.366 e. The molecule has 100 valence electrons. The third kappa shape index (κ3) is 2.82. The van der Waals surface area contributed by atoms with E-state index in [2.05, 4.69) is 53.5 Å². The van der Waals surface area contributed by atoms with E-state index < -0.39 is 0 Å². The number of nitrogens with one attached hydrogen (secondary N) is 1. The molecule has 2 heterocycles. The molecule has 1 aromatic heterocycles. The van der Waals surface area contributed by atoms with E-state index in [4.69, 9.17) is 0 Å². The van der Waals surface area contributed by atoms with Crippen molar-refractivity contribution in [2.45, 2.75) is 26.4 Å². The van der Waals surface area contributed by atoms with Gasteiger partial charge in [0.25, 0.3) is 0 Å². The molecule has 0 atom stereocenters. The van der Waals surface area contributed by atoms with E-state index >= 15 is 0 Å². The highest BCUT2D eigenvalue weighted by Crippen LogP contribution is 2.30. The van der Waals surface area contributed by atoms with Crippen LogP contribution in [0.2, 0.25) is 0 Å². The van der Waals surface area contributed by atoms with Gasteiger partial charge in [-0.2, -0.15) is 0 Å². The molecule has 2 nitrogen and oxygen atoms in total. The van der Waals surface area contributed by atoms with Crippen LogP contribution < -0.4 is 10.2 Å². The number of nitrogens with zero attached hydrogens (tertiary/aromatic N) is 1. The monoisotopic (exact) mass is 272 g/mol. The first-order valence-corrected chi connectivity index (χ1v) is 7.79. The third-order valence-electron chi connectivity index (χ3n) is 3.60. The first-order chi connectivity index (χ1) is 9.36. The van der Waals surface area contributed by atoms with Gasteiger partial charge in [0.1, 0.15) is 0 Å². The molecule has 0 saturated carbocycles. The Kier molecular flexibility index (Phi) is 3.85. The summed E-state index contributed by atoms with van der Waals surface area (Å²) in [5, 5.41) is 3.38. The van der Waals surface area contributed by atoms with Gasteiger partial charge in [0.2, 0.25) is 0 Å². The summed E-state index contributed by atoms with van der Waals surface area (Å²) < 4.78 is 0. The highest BCUT2D eigenvalue weighted by Gasteiger charge is 2.18. The summed E-state index contributed by atoms with van der Waals surface area (Å²) in [6.07, 6.45) is 1.19. The highest BCUT2D eigenvalue weighted by molar-refractivity contribution is 7.12. The molecule has 19 heavy (non-hydrogen) atoms. The van der Waals surface area contributed by atoms with Gasteiger partial charge in [0, 0.05) is 28.5 Å². The fourth-order valence-corrected chi connectivity index (χ4v) is 3.61. The van der Waals surface area contributed by atoms with E-state index in [1.54, 1.807) is 0 Å². The summed E-state index contributed by atoms with van der Waals surface area (Å²) in [5.41, 5.74) is 2.91. The van der Waals surface area contributed by atoms with Crippen molar-refractivity contribution in [1.82, 2.24) is 5.32 Å². The van der Waals surface area contributed by atoms with Crippen molar-refractivity contribution in [3.63, 3.8) is 0 Å². The molecule has 0 bridgehead atoms. The number of rotatable bonds is 5. The number of thiophene rings is 1. The van der Waals surface area contributed by atoms with Crippen LogP contribution in [0.4, 0.5) is 5.69 Å². The van der Waals surface area contributed by atoms with E-state index in [-0.39, 0.29) is 0 Å². The standard InChI is InChI=1S/C16H20N2S/c1-2-17-11-14-7-8-15(19-14)12-18-10-9-13-5-3-4-6-16(13)18/h3-8,17H,2,9-12H2,1H3. The lowest BCUT2D eigenvalue weighted by Gasteiger charge is -2.18. The molecule has 1 N–H and O–H groups in total. The molecule has 0 aliphatic carbocycles. The van der Waals surface area contributed by atoms with Gasteiger partial charge in [-0.3, -0.25) is 0 Å². The van der Waals surface area contributed by atoms with Gasteiger partial charge < -0.3 is 10.2 Å². The molecular weight excluding hydrogens is 252 g/mol. The largest absolute Gasteiger partial charge is 0.366 e. The van der Waals surface area contributed by atoms with Crippen LogP contribution in [0, 0.1) is 0 Å². The van der Waals surface area contributed by atoms with E-state index in [0.717, 1.165) is 26.2 Å². The van der Waals surface area contributed by atoms with Crippen molar-refractivity contribution >= 4 is 17.0 Å². The van der Waals surface area contributed by atoms with Crippen molar-refractivity contribution in [2.24, 2.45) is 0 Å². The van der Waals surface area contributed by atoms with Crippen molar-refractivity contribution in [3.8, 4) is 0 Å². The lowest BCUT2D eigenvalue weighted by atomic mass is 10.2. The predicted molar refractivity (Wildman–Crippen MR) is 82.9 cm³/mol. The fraction of sp³-hybridized carbons (Fsp3) is 0.375. The zero-order valence-electron chi connectivity index (χ0n) is 11.4. The second kappa shape index (κ2) is 5.76. The smallest absolute Gasteiger partial charge is 0.0523 e. The number of anilines is 1. The Morgan fingerprint density at radius 3 is 2.89 bits per heavy atom. The van der Waals surface area contributed by atoms with Crippen LogP contribution in [0.25, 0.3) is 0 Å². The molecule has 0 unspecified atom stereocenters. The van der Waals surface area contributed by atoms with E-state index in [1.165, 1.54) is 27.4 Å². The molecule has 3 heteroatoms. The van der Waals surface area contributed by atoms with Crippen LogP contribution in [0.1, 0.15) is 22.2 Å². The Morgan fingerprint density at radius 2 is 2.00 bits per heavy atom. The Balaban J connectivity index is 1.68. The second-order valence-electron chi connectivity index (χ2n) is 4.95. The van der Waals surface area contributed by atoms with E-state index in [9.17, 15) is 0 Å². The van der Waals surface area contributed by atoms with Crippen LogP contribution in [0.5, 0.6) is 0 Å². The van der Waals surface area contributed by atoms with Gasteiger partial charge >= 0.3 is 0 Å². The van der Waals surface area contributed by atoms with Gasteiger partial charge in [-0.25, -0.2) is 0 Å². The van der Waals surface area contributed by atoms with E-state index in [1.807, 2.05) is 11.3 Å². The summed E-state index contributed by atoms with van der Waals surface area (Å²) in [7, 11) is 0. The van der Waals surface area contributed by atoms with Gasteiger partial charge in [-0.1, -0.05) is 25.1 Å². The van der Waals surface area contributed by atoms with Gasteiger partial charge in [0.15, 0.2) is 0 Å². The average molecular weight is 272 g/mol. The van der Waals surface area contributed by atoms with Gasteiger partial charge in [-0.15, -0.1) is 11.3 Å². The molecule has 1 aliphatic heterocycles. The maximum atomic E-state index is 3.38. The minimum absolute atomic E-state index is 0.998. The summed E-state index contributed by atoms with van der Waals surface area (Å²) in [6.45, 7) is 6.38. The molecule has 1 aromatic carbocycles. The summed E-state index contributed by atoms with van der Waals surface area (Å²) in [4.78, 5) is 5.40. The normalized spacial score (nSPS) is 13.8. The Morgan fingerprint density at radius 1 is 1.16 bits per heavy atom. The first kappa shape index (κ1) is 12.7. The molecule has 0 amide bonds. The summed E-state index contributed by atoms with van der Waals surface area (Å²) in [6, 6.07) is 13.3. The third-order valence-corrected chi connectivity index (χ3v) is 4.67. The van der Waals surface area contributed by atoms with Gasteiger partial charge in [-0.05, 0) is 36.7 Å². The van der Waals surface area contributed by atoms with Crippen LogP contribution in [-0.4, -0.2) is 13.1 Å². The highest BCUT2D eigenvalue weighted by atomic mass is 32.1. The molecule has 1 aliphatic rings. The molecular formula is C16H20N2S.